The molecular weight excluding hydrogens is 284 g/mol. The summed E-state index contributed by atoms with van der Waals surface area (Å²) in [6.45, 7) is 4.01. The van der Waals surface area contributed by atoms with Crippen LogP contribution in [0.3, 0.4) is 0 Å². The summed E-state index contributed by atoms with van der Waals surface area (Å²) in [5.74, 6) is -1.17. The second kappa shape index (κ2) is 8.06. The van der Waals surface area contributed by atoms with Crippen molar-refractivity contribution >= 4 is 30.1 Å². The van der Waals surface area contributed by atoms with Crippen molar-refractivity contribution in [3.05, 3.63) is 0 Å². The van der Waals surface area contributed by atoms with Gasteiger partial charge in [-0.3, -0.25) is 14.4 Å². The van der Waals surface area contributed by atoms with E-state index in [9.17, 15) is 14.4 Å². The number of rotatable bonds is 5. The van der Waals surface area contributed by atoms with Crippen LogP contribution in [0.4, 0.5) is 0 Å². The van der Waals surface area contributed by atoms with Gasteiger partial charge in [0, 0.05) is 6.54 Å². The van der Waals surface area contributed by atoms with Gasteiger partial charge in [0.2, 0.25) is 17.7 Å². The van der Waals surface area contributed by atoms with Crippen molar-refractivity contribution < 1.29 is 14.4 Å². The summed E-state index contributed by atoms with van der Waals surface area (Å²) in [5, 5.41) is 2.49. The van der Waals surface area contributed by atoms with Gasteiger partial charge in [0.15, 0.2) is 0 Å². The highest BCUT2D eigenvalue weighted by Gasteiger charge is 2.32. The molecule has 7 nitrogen and oxygen atoms in total. The molecule has 0 spiro atoms. The molecule has 0 radical (unpaired) electrons. The van der Waals surface area contributed by atoms with Crippen LogP contribution in [-0.2, 0) is 14.4 Å². The zero-order chi connectivity index (χ0) is 14.6. The van der Waals surface area contributed by atoms with E-state index in [4.69, 9.17) is 11.5 Å². The van der Waals surface area contributed by atoms with Gasteiger partial charge in [0.05, 0.1) is 12.6 Å². The Balaban J connectivity index is 0.00000361. The predicted octanol–water partition coefficient (Wildman–Crippen LogP) is -1.02. The first kappa shape index (κ1) is 18.7. The molecule has 0 aromatic rings. The fourth-order valence-corrected chi connectivity index (χ4v) is 2.05. The van der Waals surface area contributed by atoms with Crippen molar-refractivity contribution in [3.63, 3.8) is 0 Å². The number of nitrogens with zero attached hydrogens (tertiary/aromatic N) is 1. The molecule has 0 bridgehead atoms. The van der Waals surface area contributed by atoms with Crippen LogP contribution < -0.4 is 16.8 Å². The number of nitrogens with two attached hydrogens (primary N) is 2. The third-order valence-corrected chi connectivity index (χ3v) is 3.34. The van der Waals surface area contributed by atoms with Gasteiger partial charge in [-0.25, -0.2) is 0 Å². The molecule has 20 heavy (non-hydrogen) atoms. The van der Waals surface area contributed by atoms with Gasteiger partial charge in [0.1, 0.15) is 6.04 Å². The molecule has 8 heteroatoms. The lowest BCUT2D eigenvalue weighted by Crippen LogP contribution is -2.50. The summed E-state index contributed by atoms with van der Waals surface area (Å²) < 4.78 is 0. The van der Waals surface area contributed by atoms with Gasteiger partial charge < -0.3 is 21.7 Å². The van der Waals surface area contributed by atoms with E-state index in [0.29, 0.717) is 13.0 Å². The number of halogens is 1. The van der Waals surface area contributed by atoms with E-state index >= 15 is 0 Å². The van der Waals surface area contributed by atoms with Crippen LogP contribution in [0.2, 0.25) is 0 Å². The Labute approximate surface area is 124 Å². The Hall–Kier alpha value is -1.34. The number of hydrogen-bond acceptors (Lipinski definition) is 4. The molecule has 1 saturated heterocycles. The summed E-state index contributed by atoms with van der Waals surface area (Å²) in [6, 6.07) is -1.19. The number of carbonyl (C=O) groups is 3. The first-order valence-corrected chi connectivity index (χ1v) is 6.46. The van der Waals surface area contributed by atoms with E-state index < -0.39 is 18.0 Å². The van der Waals surface area contributed by atoms with Gasteiger partial charge in [0.25, 0.3) is 0 Å². The monoisotopic (exact) mass is 306 g/mol. The predicted molar refractivity (Wildman–Crippen MR) is 77.0 cm³/mol. The molecule has 3 amide bonds. The largest absolute Gasteiger partial charge is 0.368 e. The quantitative estimate of drug-likeness (QED) is 0.602. The lowest BCUT2D eigenvalue weighted by Gasteiger charge is -2.23. The lowest BCUT2D eigenvalue weighted by atomic mass is 10.1. The minimum Gasteiger partial charge on any atom is -0.368 e. The van der Waals surface area contributed by atoms with Gasteiger partial charge in [-0.2, -0.15) is 0 Å². The van der Waals surface area contributed by atoms with Crippen LogP contribution >= 0.6 is 12.4 Å². The fourth-order valence-electron chi connectivity index (χ4n) is 2.05. The van der Waals surface area contributed by atoms with Crippen LogP contribution in [-0.4, -0.2) is 47.8 Å². The summed E-state index contributed by atoms with van der Waals surface area (Å²) in [6.07, 6.45) is 1.33. The zero-order valence-corrected chi connectivity index (χ0v) is 12.6. The Bertz CT molecular complexity index is 376. The van der Waals surface area contributed by atoms with E-state index in [1.165, 1.54) is 4.90 Å². The first-order chi connectivity index (χ1) is 8.84. The SMILES string of the molecule is CC(C)[C@H](N)C(=O)NCC(=O)N1CCCC1C(N)=O.Cl. The number of primary amides is 1. The standard InChI is InChI=1S/C12H22N4O3.ClH/c1-7(2)10(13)12(19)15-6-9(17)16-5-3-4-8(16)11(14)18;/h7-8,10H,3-6,13H2,1-2H3,(H2,14,18)(H,15,19);1H/t8?,10-;/m0./s1. The highest BCUT2D eigenvalue weighted by Crippen LogP contribution is 2.16. The molecule has 1 aliphatic heterocycles. The van der Waals surface area contributed by atoms with Crippen LogP contribution in [0, 0.1) is 5.92 Å². The van der Waals surface area contributed by atoms with Crippen LogP contribution in [0.15, 0.2) is 0 Å². The van der Waals surface area contributed by atoms with Crippen LogP contribution in [0.1, 0.15) is 26.7 Å². The van der Waals surface area contributed by atoms with Gasteiger partial charge >= 0.3 is 0 Å². The van der Waals surface area contributed by atoms with E-state index in [1.807, 2.05) is 13.8 Å². The Morgan fingerprint density at radius 2 is 1.95 bits per heavy atom. The van der Waals surface area contributed by atoms with E-state index in [2.05, 4.69) is 5.32 Å². The summed E-state index contributed by atoms with van der Waals surface area (Å²) in [7, 11) is 0. The van der Waals surface area contributed by atoms with Gasteiger partial charge in [-0.15, -0.1) is 12.4 Å². The molecule has 116 valence electrons. The second-order valence-corrected chi connectivity index (χ2v) is 5.14. The van der Waals surface area contributed by atoms with Crippen molar-refractivity contribution in [1.29, 1.82) is 0 Å². The zero-order valence-electron chi connectivity index (χ0n) is 11.8. The molecule has 0 aliphatic carbocycles. The first-order valence-electron chi connectivity index (χ1n) is 6.46. The minimum atomic E-state index is -0.640. The van der Waals surface area contributed by atoms with E-state index in [0.717, 1.165) is 6.42 Å². The summed E-state index contributed by atoms with van der Waals surface area (Å²) in [4.78, 5) is 36.1. The maximum absolute atomic E-state index is 11.9. The van der Waals surface area contributed by atoms with Crippen molar-refractivity contribution in [2.75, 3.05) is 13.1 Å². The Morgan fingerprint density at radius 1 is 1.35 bits per heavy atom. The third-order valence-electron chi connectivity index (χ3n) is 3.34. The van der Waals surface area contributed by atoms with Gasteiger partial charge in [-0.1, -0.05) is 13.8 Å². The molecule has 1 aliphatic rings. The number of amides is 3. The summed E-state index contributed by atoms with van der Waals surface area (Å²) in [5.41, 5.74) is 10.9. The average Bonchev–Trinajstić information content (AvgIpc) is 2.83. The van der Waals surface area contributed by atoms with E-state index in [1.54, 1.807) is 0 Å². The smallest absolute Gasteiger partial charge is 0.242 e. The molecule has 1 rings (SSSR count). The number of carbonyl (C=O) groups excluding carboxylic acids is 3. The molecule has 1 heterocycles. The van der Waals surface area contributed by atoms with Crippen molar-refractivity contribution in [3.8, 4) is 0 Å². The highest BCUT2D eigenvalue weighted by molar-refractivity contribution is 5.91. The van der Waals surface area contributed by atoms with Crippen molar-refractivity contribution in [2.45, 2.75) is 38.8 Å². The molecule has 1 fully saturated rings. The molecule has 5 N–H and O–H groups in total. The van der Waals surface area contributed by atoms with Gasteiger partial charge in [-0.05, 0) is 18.8 Å². The second-order valence-electron chi connectivity index (χ2n) is 5.14. The fraction of sp³-hybridized carbons (Fsp3) is 0.750. The topological polar surface area (TPSA) is 119 Å². The Kier molecular flexibility index (Phi) is 7.52. The molecule has 0 aromatic heterocycles. The molecular formula is C12H23ClN4O3. The highest BCUT2D eigenvalue weighted by atomic mass is 35.5. The van der Waals surface area contributed by atoms with Crippen LogP contribution in [0.5, 0.6) is 0 Å². The Morgan fingerprint density at radius 3 is 2.45 bits per heavy atom. The molecule has 1 unspecified atom stereocenters. The van der Waals surface area contributed by atoms with Crippen molar-refractivity contribution in [2.24, 2.45) is 17.4 Å². The van der Waals surface area contributed by atoms with Crippen molar-refractivity contribution in [1.82, 2.24) is 10.2 Å². The average molecular weight is 307 g/mol. The summed E-state index contributed by atoms with van der Waals surface area (Å²) >= 11 is 0. The maximum Gasteiger partial charge on any atom is 0.242 e. The van der Waals surface area contributed by atoms with Crippen LogP contribution in [0.25, 0.3) is 0 Å². The molecule has 2 atom stereocenters. The lowest BCUT2D eigenvalue weighted by molar-refractivity contribution is -0.137. The normalized spacial score (nSPS) is 19.4. The number of hydrogen-bond donors (Lipinski definition) is 3. The molecule has 0 saturated carbocycles. The number of likely N-dealkylation sites (tertiary alicyclic amines) is 1. The number of nitrogens with one attached hydrogen (secondary N) is 1. The van der Waals surface area contributed by atoms with E-state index in [-0.39, 0.29) is 36.7 Å². The third kappa shape index (κ3) is 4.64. The minimum absolute atomic E-state index is 0. The molecule has 0 aromatic carbocycles. The maximum atomic E-state index is 11.9.